The molecule has 5 aromatic rings. The molecule has 3 aromatic carbocycles. The van der Waals surface area contributed by atoms with Gasteiger partial charge in [0.05, 0.1) is 14.0 Å². The fourth-order valence-corrected chi connectivity index (χ4v) is 6.86. The largest absolute Gasteiger partial charge is 0.512 e. The van der Waals surface area contributed by atoms with Crippen LogP contribution in [0, 0.1) is 24.8 Å². The number of rotatable bonds is 8. The van der Waals surface area contributed by atoms with E-state index in [-0.39, 0.29) is 99.4 Å². The van der Waals surface area contributed by atoms with E-state index in [1.807, 2.05) is 34.6 Å². The molecule has 0 saturated carbocycles. The Morgan fingerprint density at radius 2 is 1.58 bits per heavy atom. The SMILES string of the molecule is CCC(CC)C(=O)/C=C(\O)C(CC)CC.[2H]c1nc(-c2[c-]c3c([2H])c([2H])c([2H])c([2H])c3c([2H])c2[2H])c2oc3c(C)c4c(c([2H])c3c2c1[2H])C(C)(C)CCC4(C)C.[Ir]. The van der Waals surface area contributed by atoms with Gasteiger partial charge in [0.1, 0.15) is 11.2 Å². The van der Waals surface area contributed by atoms with Gasteiger partial charge in [-0.05, 0) is 85.1 Å². The van der Waals surface area contributed by atoms with Crippen molar-refractivity contribution in [3.63, 3.8) is 0 Å². The van der Waals surface area contributed by atoms with Crippen LogP contribution in [0.4, 0.5) is 0 Å². The van der Waals surface area contributed by atoms with Crippen molar-refractivity contribution in [2.45, 2.75) is 112 Å². The van der Waals surface area contributed by atoms with Gasteiger partial charge in [-0.1, -0.05) is 84.5 Å². The Morgan fingerprint density at radius 3 is 2.25 bits per heavy atom. The summed E-state index contributed by atoms with van der Waals surface area (Å²) in [4.78, 5) is 16.0. The molecule has 4 nitrogen and oxygen atoms in total. The van der Waals surface area contributed by atoms with Gasteiger partial charge in [0.15, 0.2) is 5.78 Å². The summed E-state index contributed by atoms with van der Waals surface area (Å²) in [6.45, 7) is 18.6. The zero-order valence-electron chi connectivity index (χ0n) is 38.5. The van der Waals surface area contributed by atoms with E-state index in [2.05, 4.69) is 38.7 Å². The predicted octanol–water partition coefficient (Wildman–Crippen LogP) is 12.1. The van der Waals surface area contributed by atoms with E-state index in [9.17, 15) is 11.3 Å². The molecule has 2 aromatic heterocycles. The Hall–Kier alpha value is -3.27. The van der Waals surface area contributed by atoms with Crippen LogP contribution in [0.15, 0.2) is 70.8 Å². The number of hydrogen-bond donors (Lipinski definition) is 1. The minimum Gasteiger partial charge on any atom is -0.512 e. The van der Waals surface area contributed by atoms with E-state index in [1.54, 1.807) is 0 Å². The van der Waals surface area contributed by atoms with Gasteiger partial charge in [-0.15, -0.1) is 29.6 Å². The molecule has 0 amide bonds. The number of furan rings is 1. The summed E-state index contributed by atoms with van der Waals surface area (Å²) in [5, 5.41) is 10.2. The molecule has 0 spiro atoms. The molecule has 48 heavy (non-hydrogen) atoms. The molecule has 0 unspecified atom stereocenters. The second-order valence-corrected chi connectivity index (χ2v) is 14.0. The molecule has 6 rings (SSSR count). The minimum absolute atomic E-state index is 0. The standard InChI is InChI=1S/C30H28NO.C13H24O2.Ir/c1-18-25-24(29(2,3)13-14-30(25,4)5)17-23-22-12-15-31-26(28(22)32-27(18)23)21-11-10-19-8-6-7-9-20(19)16-21;1-5-10(6-2)12(14)9-13(15)11(7-3)8-4;/h6-12,15,17H,13-14H2,1-5H3;9-11,14H,5-8H2,1-4H3;/q-1;;/b;12-9-;/i6D,7D,8D,9D,10D,11D,12D,15D,17D;;. The average molecular weight is 832 g/mol. The maximum absolute atomic E-state index is 11.7. The first kappa shape index (κ1) is 26.6. The van der Waals surface area contributed by atoms with Crippen LogP contribution in [0.2, 0.25) is 0 Å². The van der Waals surface area contributed by atoms with Crippen molar-refractivity contribution in [1.29, 1.82) is 0 Å². The second-order valence-electron chi connectivity index (χ2n) is 14.0. The number of aryl methyl sites for hydroxylation is 1. The van der Waals surface area contributed by atoms with Crippen molar-refractivity contribution < 1.29 is 46.8 Å². The van der Waals surface area contributed by atoms with Crippen LogP contribution >= 0.6 is 0 Å². The van der Waals surface area contributed by atoms with Gasteiger partial charge in [-0.3, -0.25) is 9.78 Å². The molecular weight excluding hydrogens is 771 g/mol. The second kappa shape index (κ2) is 15.1. The Bertz CT molecular complexity index is 2430. The van der Waals surface area contributed by atoms with E-state index in [0.29, 0.717) is 11.0 Å². The number of hydrogen-bond acceptors (Lipinski definition) is 4. The summed E-state index contributed by atoms with van der Waals surface area (Å²) in [5.74, 6) is 0.547. The first-order chi connectivity index (χ1) is 26.1. The molecule has 2 heterocycles. The third-order valence-corrected chi connectivity index (χ3v) is 9.98. The molecule has 257 valence electrons. The number of ketones is 1. The molecule has 1 N–H and O–H groups in total. The third-order valence-electron chi connectivity index (χ3n) is 9.98. The van der Waals surface area contributed by atoms with Crippen molar-refractivity contribution in [2.24, 2.45) is 11.8 Å². The molecule has 0 fully saturated rings. The number of aromatic nitrogens is 1. The van der Waals surface area contributed by atoms with Crippen LogP contribution in [0.1, 0.15) is 123 Å². The van der Waals surface area contributed by atoms with E-state index >= 15 is 0 Å². The van der Waals surface area contributed by atoms with Gasteiger partial charge in [-0.2, -0.15) is 0 Å². The zero-order chi connectivity index (χ0) is 41.9. The molecule has 0 bridgehead atoms. The molecule has 1 aliphatic rings. The number of benzene rings is 3. The normalized spacial score (nSPS) is 18.0. The number of fused-ring (bicyclic) bond motifs is 5. The Kier molecular flexibility index (Phi) is 8.36. The van der Waals surface area contributed by atoms with Gasteiger partial charge in [0.2, 0.25) is 0 Å². The maximum atomic E-state index is 11.7. The number of nitrogens with zero attached hydrogens (tertiary/aromatic N) is 1. The monoisotopic (exact) mass is 832 g/mol. The minimum atomic E-state index is -0.505. The van der Waals surface area contributed by atoms with Gasteiger partial charge in [0, 0.05) is 64.8 Å². The maximum Gasteiger partial charge on any atom is 0.162 e. The van der Waals surface area contributed by atoms with E-state index in [4.69, 9.17) is 15.4 Å². The summed E-state index contributed by atoms with van der Waals surface area (Å²) < 4.78 is 83.3. The van der Waals surface area contributed by atoms with Crippen LogP contribution in [0.3, 0.4) is 0 Å². The number of carbonyl (C=O) groups is 1. The predicted molar refractivity (Wildman–Crippen MR) is 197 cm³/mol. The van der Waals surface area contributed by atoms with Gasteiger partial charge in [0.25, 0.3) is 0 Å². The quantitative estimate of drug-likeness (QED) is 0.0961. The van der Waals surface area contributed by atoms with Crippen molar-refractivity contribution >= 4 is 38.5 Å². The van der Waals surface area contributed by atoms with E-state index < -0.39 is 42.4 Å². The average Bonchev–Trinajstić information content (AvgIpc) is 3.56. The number of aliphatic hydroxyl groups is 1. The molecule has 5 heteroatoms. The summed E-state index contributed by atoms with van der Waals surface area (Å²) in [7, 11) is 0. The van der Waals surface area contributed by atoms with Crippen molar-refractivity contribution in [3.8, 4) is 11.3 Å². The van der Waals surface area contributed by atoms with Gasteiger partial charge >= 0.3 is 0 Å². The van der Waals surface area contributed by atoms with Crippen LogP contribution < -0.4 is 0 Å². The molecule has 1 aliphatic carbocycles. The van der Waals surface area contributed by atoms with Crippen LogP contribution in [0.25, 0.3) is 44.0 Å². The van der Waals surface area contributed by atoms with Crippen LogP contribution in [-0.2, 0) is 35.7 Å². The summed E-state index contributed by atoms with van der Waals surface area (Å²) in [6.07, 6.45) is 6.32. The van der Waals surface area contributed by atoms with Crippen molar-refractivity contribution in [1.82, 2.24) is 4.98 Å². The topological polar surface area (TPSA) is 63.3 Å². The smallest absolute Gasteiger partial charge is 0.162 e. The first-order valence-corrected chi connectivity index (χ1v) is 16.9. The molecular formula is C43H52IrNO3-. The molecule has 1 radical (unpaired) electrons. The summed E-state index contributed by atoms with van der Waals surface area (Å²) >= 11 is 0. The number of carbonyl (C=O) groups excluding carboxylic acids is 1. The zero-order valence-corrected chi connectivity index (χ0v) is 31.9. The number of aliphatic hydroxyl groups excluding tert-OH is 1. The van der Waals surface area contributed by atoms with E-state index in [1.165, 1.54) is 6.08 Å². The molecule has 0 atom stereocenters. The first-order valence-electron chi connectivity index (χ1n) is 21.4. The number of pyridine rings is 1. The van der Waals surface area contributed by atoms with E-state index in [0.717, 1.165) is 55.2 Å². The van der Waals surface area contributed by atoms with Crippen molar-refractivity contribution in [3.05, 3.63) is 89.1 Å². The van der Waals surface area contributed by atoms with Crippen molar-refractivity contribution in [2.75, 3.05) is 0 Å². The molecule has 0 aliphatic heterocycles. The van der Waals surface area contributed by atoms with Crippen LogP contribution in [-0.4, -0.2) is 15.9 Å². The van der Waals surface area contributed by atoms with Crippen LogP contribution in [0.5, 0.6) is 0 Å². The number of allylic oxidation sites excluding steroid dienone is 2. The van der Waals surface area contributed by atoms with Gasteiger partial charge < -0.3 is 9.52 Å². The Morgan fingerprint density at radius 1 is 0.938 bits per heavy atom. The third kappa shape index (κ3) is 7.19. The summed E-state index contributed by atoms with van der Waals surface area (Å²) in [5.41, 5.74) is 2.68. The Balaban J connectivity index is 0.000000385. The summed E-state index contributed by atoms with van der Waals surface area (Å²) in [6, 6.07) is 0.268. The fourth-order valence-electron chi connectivity index (χ4n) is 6.86. The Labute approximate surface area is 313 Å². The molecule has 0 saturated heterocycles. The van der Waals surface area contributed by atoms with Gasteiger partial charge in [-0.25, -0.2) is 0 Å². The fraction of sp³-hybridized carbons (Fsp3) is 0.442.